The molecule has 1 N–H and O–H groups in total. The van der Waals surface area contributed by atoms with Crippen molar-refractivity contribution in [3.63, 3.8) is 0 Å². The van der Waals surface area contributed by atoms with E-state index in [0.29, 0.717) is 24.5 Å². The minimum Gasteiger partial charge on any atom is -0.338 e. The van der Waals surface area contributed by atoms with Crippen molar-refractivity contribution in [2.45, 2.75) is 6.54 Å². The summed E-state index contributed by atoms with van der Waals surface area (Å²) < 4.78 is 24.8. The summed E-state index contributed by atoms with van der Waals surface area (Å²) in [6.07, 6.45) is 1.70. The van der Waals surface area contributed by atoms with Gasteiger partial charge in [-0.2, -0.15) is 5.26 Å². The van der Waals surface area contributed by atoms with Gasteiger partial charge < -0.3 is 5.32 Å². The summed E-state index contributed by atoms with van der Waals surface area (Å²) >= 11 is 0. The maximum Gasteiger partial charge on any atom is 0.170 e. The highest BCUT2D eigenvalue weighted by Gasteiger charge is 2.21. The van der Waals surface area contributed by atoms with Crippen LogP contribution in [0.4, 0.5) is 11.5 Å². The fourth-order valence-electron chi connectivity index (χ4n) is 3.26. The fourth-order valence-corrected chi connectivity index (χ4v) is 4.53. The number of anilines is 2. The van der Waals surface area contributed by atoms with E-state index < -0.39 is 9.84 Å². The van der Waals surface area contributed by atoms with Crippen LogP contribution >= 0.6 is 0 Å². The van der Waals surface area contributed by atoms with E-state index in [2.05, 4.69) is 21.4 Å². The molecule has 2 heterocycles. The first-order valence-corrected chi connectivity index (χ1v) is 11.2. The molecule has 0 atom stereocenters. The lowest BCUT2D eigenvalue weighted by Crippen LogP contribution is -2.39. The van der Waals surface area contributed by atoms with Crippen molar-refractivity contribution in [2.24, 2.45) is 0 Å². The van der Waals surface area contributed by atoms with Gasteiger partial charge in [0, 0.05) is 25.3 Å². The maximum absolute atomic E-state index is 11.5. The van der Waals surface area contributed by atoms with Gasteiger partial charge in [-0.3, -0.25) is 4.90 Å². The van der Waals surface area contributed by atoms with Crippen LogP contribution in [0, 0.1) is 11.3 Å². The molecule has 7 nitrogen and oxygen atoms in total. The molecule has 4 rings (SSSR count). The first kappa shape index (κ1) is 19.2. The van der Waals surface area contributed by atoms with E-state index in [9.17, 15) is 13.7 Å². The number of nitrogens with zero attached hydrogens (tertiary/aromatic N) is 4. The zero-order valence-corrected chi connectivity index (χ0v) is 16.6. The Balaban J connectivity index is 1.44. The van der Waals surface area contributed by atoms with Crippen LogP contribution in [0.1, 0.15) is 11.1 Å². The van der Waals surface area contributed by atoms with E-state index >= 15 is 0 Å². The lowest BCUT2D eigenvalue weighted by atomic mass is 10.2. The number of hydrogen-bond donors (Lipinski definition) is 1. The fraction of sp³-hybridized carbons (Fsp3) is 0.238. The lowest BCUT2D eigenvalue weighted by Gasteiger charge is -2.26. The molecule has 1 saturated heterocycles. The van der Waals surface area contributed by atoms with Gasteiger partial charge in [0.05, 0.1) is 23.4 Å². The number of rotatable bonds is 5. The Hall–Kier alpha value is -3.15. The van der Waals surface area contributed by atoms with Crippen molar-refractivity contribution < 1.29 is 8.42 Å². The van der Waals surface area contributed by atoms with Crippen LogP contribution in [0.3, 0.4) is 0 Å². The molecule has 3 aromatic rings. The van der Waals surface area contributed by atoms with E-state index in [4.69, 9.17) is 0 Å². The van der Waals surface area contributed by atoms with Crippen LogP contribution in [0.2, 0.25) is 0 Å². The molecule has 8 heteroatoms. The van der Waals surface area contributed by atoms with Crippen molar-refractivity contribution in [3.05, 3.63) is 71.9 Å². The van der Waals surface area contributed by atoms with Crippen LogP contribution in [-0.4, -0.2) is 47.7 Å². The van der Waals surface area contributed by atoms with Gasteiger partial charge in [-0.25, -0.2) is 13.1 Å². The second-order valence-corrected chi connectivity index (χ2v) is 9.34. The molecule has 0 radical (unpaired) electrons. The Kier molecular flexibility index (Phi) is 5.34. The summed E-state index contributed by atoms with van der Waals surface area (Å²) in [5, 5.41) is 17.1. The largest absolute Gasteiger partial charge is 0.338 e. The molecular weight excluding hydrogens is 386 g/mol. The summed E-state index contributed by atoms with van der Waals surface area (Å²) in [5.41, 5.74) is 3.30. The first-order valence-electron chi connectivity index (χ1n) is 9.36. The third kappa shape index (κ3) is 4.65. The number of aromatic nitrogens is 2. The highest BCUT2D eigenvalue weighted by molar-refractivity contribution is 7.91. The molecule has 148 valence electrons. The molecule has 29 heavy (non-hydrogen) atoms. The summed E-state index contributed by atoms with van der Waals surface area (Å²) in [7, 11) is -2.86. The van der Waals surface area contributed by atoms with Gasteiger partial charge in [-0.05, 0) is 29.8 Å². The predicted molar refractivity (Wildman–Crippen MR) is 112 cm³/mol. The first-order chi connectivity index (χ1) is 14.0. The minimum absolute atomic E-state index is 0.230. The average Bonchev–Trinajstić information content (AvgIpc) is 3.14. The Morgan fingerprint density at radius 2 is 1.72 bits per heavy atom. The highest BCUT2D eigenvalue weighted by atomic mass is 32.2. The monoisotopic (exact) mass is 407 g/mol. The molecule has 0 unspecified atom stereocenters. The Labute approximate surface area is 170 Å². The van der Waals surface area contributed by atoms with Crippen molar-refractivity contribution in [1.29, 1.82) is 5.26 Å². The molecule has 1 aromatic heterocycles. The molecule has 0 bridgehead atoms. The molecule has 2 aromatic carbocycles. The maximum atomic E-state index is 11.5. The van der Waals surface area contributed by atoms with E-state index in [1.54, 1.807) is 10.9 Å². The standard InChI is InChI=1S/C21H21N5O2S/c22-14-18-16-26(20-4-2-1-3-5-20)24-21(18)23-19-8-6-17(7-9-19)15-25-10-12-29(27,28)13-11-25/h1-9,16H,10-13,15H2,(H,23,24). The highest BCUT2D eigenvalue weighted by Crippen LogP contribution is 2.21. The number of hydrogen-bond acceptors (Lipinski definition) is 6. The normalized spacial score (nSPS) is 16.2. The number of para-hydroxylation sites is 1. The molecular formula is C21H21N5O2S. The topological polar surface area (TPSA) is 91.0 Å². The SMILES string of the molecule is N#Cc1cn(-c2ccccc2)nc1Nc1ccc(CN2CCS(=O)(=O)CC2)cc1. The van der Waals surface area contributed by atoms with Gasteiger partial charge in [0.1, 0.15) is 11.6 Å². The second-order valence-electron chi connectivity index (χ2n) is 7.03. The van der Waals surface area contributed by atoms with Gasteiger partial charge in [-0.15, -0.1) is 5.10 Å². The molecule has 1 aliphatic heterocycles. The molecule has 0 spiro atoms. The van der Waals surface area contributed by atoms with Crippen LogP contribution < -0.4 is 5.32 Å². The number of nitrogens with one attached hydrogen (secondary N) is 1. The molecule has 1 aliphatic rings. The smallest absolute Gasteiger partial charge is 0.170 e. The molecule has 0 saturated carbocycles. The van der Waals surface area contributed by atoms with Gasteiger partial charge >= 0.3 is 0 Å². The minimum atomic E-state index is -2.86. The molecule has 0 aliphatic carbocycles. The van der Waals surface area contributed by atoms with Crippen LogP contribution in [0.25, 0.3) is 5.69 Å². The summed E-state index contributed by atoms with van der Waals surface area (Å²) in [6, 6.07) is 19.7. The van der Waals surface area contributed by atoms with Crippen LogP contribution in [-0.2, 0) is 16.4 Å². The summed E-state index contributed by atoms with van der Waals surface area (Å²) in [5.74, 6) is 0.965. The van der Waals surface area contributed by atoms with Gasteiger partial charge in [0.15, 0.2) is 15.7 Å². The predicted octanol–water partition coefficient (Wildman–Crippen LogP) is 2.72. The third-order valence-corrected chi connectivity index (χ3v) is 6.52. The van der Waals surface area contributed by atoms with E-state index in [1.807, 2.05) is 54.6 Å². The Morgan fingerprint density at radius 3 is 2.38 bits per heavy atom. The summed E-state index contributed by atoms with van der Waals surface area (Å²) in [6.45, 7) is 1.87. The van der Waals surface area contributed by atoms with E-state index in [0.717, 1.165) is 23.5 Å². The van der Waals surface area contributed by atoms with E-state index in [-0.39, 0.29) is 11.5 Å². The van der Waals surface area contributed by atoms with Gasteiger partial charge in [-0.1, -0.05) is 30.3 Å². The van der Waals surface area contributed by atoms with Gasteiger partial charge in [0.25, 0.3) is 0 Å². The van der Waals surface area contributed by atoms with Crippen molar-refractivity contribution >= 4 is 21.3 Å². The zero-order chi connectivity index (χ0) is 20.3. The number of benzene rings is 2. The zero-order valence-electron chi connectivity index (χ0n) is 15.8. The molecule has 1 fully saturated rings. The van der Waals surface area contributed by atoms with Crippen molar-refractivity contribution in [1.82, 2.24) is 14.7 Å². The van der Waals surface area contributed by atoms with Crippen LogP contribution in [0.15, 0.2) is 60.8 Å². The summed E-state index contributed by atoms with van der Waals surface area (Å²) in [4.78, 5) is 2.15. The van der Waals surface area contributed by atoms with Crippen molar-refractivity contribution in [3.8, 4) is 11.8 Å². The quantitative estimate of drug-likeness (QED) is 0.699. The lowest BCUT2D eigenvalue weighted by molar-refractivity contribution is 0.287. The molecule has 0 amide bonds. The van der Waals surface area contributed by atoms with E-state index in [1.165, 1.54) is 0 Å². The second kappa shape index (κ2) is 8.07. The Bertz CT molecular complexity index is 1120. The average molecular weight is 407 g/mol. The third-order valence-electron chi connectivity index (χ3n) is 4.92. The number of nitriles is 1. The van der Waals surface area contributed by atoms with Gasteiger partial charge in [0.2, 0.25) is 0 Å². The van der Waals surface area contributed by atoms with Crippen LogP contribution in [0.5, 0.6) is 0 Å². The Morgan fingerprint density at radius 1 is 1.03 bits per heavy atom. The van der Waals surface area contributed by atoms with Crippen molar-refractivity contribution in [2.75, 3.05) is 29.9 Å². The number of sulfone groups is 1.